The van der Waals surface area contributed by atoms with E-state index in [1.807, 2.05) is 13.0 Å². The minimum atomic E-state index is -3.66. The molecule has 2 N–H and O–H groups in total. The highest BCUT2D eigenvalue weighted by atomic mass is 35.5. The summed E-state index contributed by atoms with van der Waals surface area (Å²) in [6.45, 7) is 4.87. The smallest absolute Gasteiger partial charge is 0.271 e. The number of aryl methyl sites for hydroxylation is 1. The van der Waals surface area contributed by atoms with Gasteiger partial charge in [-0.2, -0.15) is 4.98 Å². The molecule has 11 heteroatoms. The number of halogens is 1. The van der Waals surface area contributed by atoms with Gasteiger partial charge in [0.2, 0.25) is 5.95 Å². The molecule has 3 heterocycles. The monoisotopic (exact) mass is 465 g/mol. The molecule has 0 atom stereocenters. The van der Waals surface area contributed by atoms with E-state index >= 15 is 0 Å². The molecule has 3 aromatic rings. The molecule has 0 spiro atoms. The van der Waals surface area contributed by atoms with Gasteiger partial charge >= 0.3 is 0 Å². The molecular weight excluding hydrogens is 446 g/mol. The first-order valence-electron chi connectivity index (χ1n) is 9.23. The number of hydrogen-bond donors (Lipinski definition) is 2. The number of anilines is 4. The topological polar surface area (TPSA) is 96.5 Å². The third-order valence-corrected chi connectivity index (χ3v) is 7.49. The van der Waals surface area contributed by atoms with Crippen LogP contribution in [0.1, 0.15) is 5.69 Å². The number of rotatable bonds is 6. The van der Waals surface area contributed by atoms with Crippen LogP contribution in [0.3, 0.4) is 0 Å². The Morgan fingerprint density at radius 3 is 2.43 bits per heavy atom. The number of thiophene rings is 1. The third-order valence-electron chi connectivity index (χ3n) is 4.38. The predicted octanol–water partition coefficient (Wildman–Crippen LogP) is 3.88. The SMILES string of the molecule is Cc1cc(N2CCOCC2)nc(Nc2ccc(NS(=O)(=O)c3ccc(Cl)s3)cc2)n1. The number of morpholine rings is 1. The number of ether oxygens (including phenoxy) is 1. The van der Waals surface area contributed by atoms with Crippen molar-refractivity contribution in [3.63, 3.8) is 0 Å². The molecule has 1 aliphatic rings. The summed E-state index contributed by atoms with van der Waals surface area (Å²) in [5.74, 6) is 1.34. The Labute approximate surface area is 183 Å². The fraction of sp³-hybridized carbons (Fsp3) is 0.263. The van der Waals surface area contributed by atoms with E-state index in [1.54, 1.807) is 30.3 Å². The minimum Gasteiger partial charge on any atom is -0.378 e. The van der Waals surface area contributed by atoms with Crippen LogP contribution in [-0.2, 0) is 14.8 Å². The van der Waals surface area contributed by atoms with Crippen molar-refractivity contribution < 1.29 is 13.2 Å². The maximum absolute atomic E-state index is 12.4. The van der Waals surface area contributed by atoms with Gasteiger partial charge < -0.3 is 15.0 Å². The fourth-order valence-corrected chi connectivity index (χ4v) is 5.50. The Hall–Kier alpha value is -2.40. The average molecular weight is 466 g/mol. The second kappa shape index (κ2) is 8.76. The molecule has 1 aliphatic heterocycles. The number of aromatic nitrogens is 2. The standard InChI is InChI=1S/C19H20ClN5O3S2/c1-13-12-17(25-8-10-28-11-9-25)23-19(21-13)22-14-2-4-15(5-3-14)24-30(26,27)18-7-6-16(20)29-18/h2-7,12,24H,8-11H2,1H3,(H,21,22,23). The molecule has 8 nitrogen and oxygen atoms in total. The molecule has 2 aromatic heterocycles. The predicted molar refractivity (Wildman–Crippen MR) is 120 cm³/mol. The average Bonchev–Trinajstić information content (AvgIpc) is 3.17. The van der Waals surface area contributed by atoms with Crippen molar-refractivity contribution in [2.45, 2.75) is 11.1 Å². The van der Waals surface area contributed by atoms with E-state index in [0.29, 0.717) is 29.2 Å². The second-order valence-corrected chi connectivity index (χ2v) is 10.3. The fourth-order valence-electron chi connectivity index (χ4n) is 2.96. The number of sulfonamides is 1. The molecule has 1 fully saturated rings. The molecule has 158 valence electrons. The number of benzene rings is 1. The van der Waals surface area contributed by atoms with E-state index in [1.165, 1.54) is 6.07 Å². The summed E-state index contributed by atoms with van der Waals surface area (Å²) in [5.41, 5.74) is 2.05. The quantitative estimate of drug-likeness (QED) is 0.570. The highest BCUT2D eigenvalue weighted by molar-refractivity contribution is 7.94. The maximum Gasteiger partial charge on any atom is 0.271 e. The van der Waals surface area contributed by atoms with Crippen molar-refractivity contribution in [2.75, 3.05) is 41.2 Å². The van der Waals surface area contributed by atoms with Crippen molar-refractivity contribution in [1.29, 1.82) is 0 Å². The van der Waals surface area contributed by atoms with Gasteiger partial charge in [0, 0.05) is 36.2 Å². The maximum atomic E-state index is 12.4. The lowest BCUT2D eigenvalue weighted by Crippen LogP contribution is -2.36. The molecule has 0 unspecified atom stereocenters. The van der Waals surface area contributed by atoms with Gasteiger partial charge in [-0.05, 0) is 43.3 Å². The van der Waals surface area contributed by atoms with E-state index in [-0.39, 0.29) is 4.21 Å². The van der Waals surface area contributed by atoms with Crippen LogP contribution < -0.4 is 14.9 Å². The van der Waals surface area contributed by atoms with Crippen LogP contribution in [0.15, 0.2) is 46.7 Å². The lowest BCUT2D eigenvalue weighted by atomic mass is 10.3. The Morgan fingerprint density at radius 2 is 1.77 bits per heavy atom. The molecule has 1 aromatic carbocycles. The lowest BCUT2D eigenvalue weighted by Gasteiger charge is -2.28. The van der Waals surface area contributed by atoms with Gasteiger partial charge in [0.15, 0.2) is 0 Å². The Bertz CT molecular complexity index is 1130. The molecule has 30 heavy (non-hydrogen) atoms. The first-order valence-corrected chi connectivity index (χ1v) is 11.9. The summed E-state index contributed by atoms with van der Waals surface area (Å²) >= 11 is 6.84. The van der Waals surface area contributed by atoms with Gasteiger partial charge in [-0.15, -0.1) is 11.3 Å². The van der Waals surface area contributed by atoms with Crippen molar-refractivity contribution in [3.05, 3.63) is 52.5 Å². The van der Waals surface area contributed by atoms with Crippen molar-refractivity contribution in [3.8, 4) is 0 Å². The van der Waals surface area contributed by atoms with Crippen LogP contribution in [0.2, 0.25) is 4.34 Å². The molecule has 0 amide bonds. The first-order chi connectivity index (χ1) is 14.4. The van der Waals surface area contributed by atoms with Crippen LogP contribution in [0, 0.1) is 6.92 Å². The van der Waals surface area contributed by atoms with Gasteiger partial charge in [-0.25, -0.2) is 13.4 Å². The summed E-state index contributed by atoms with van der Waals surface area (Å²) in [7, 11) is -3.66. The van der Waals surface area contributed by atoms with E-state index in [9.17, 15) is 8.42 Å². The summed E-state index contributed by atoms with van der Waals surface area (Å²) < 4.78 is 33.3. The number of nitrogens with one attached hydrogen (secondary N) is 2. The molecule has 0 bridgehead atoms. The Morgan fingerprint density at radius 1 is 1.07 bits per heavy atom. The largest absolute Gasteiger partial charge is 0.378 e. The summed E-state index contributed by atoms with van der Waals surface area (Å²) in [4.78, 5) is 11.2. The highest BCUT2D eigenvalue weighted by Crippen LogP contribution is 2.28. The van der Waals surface area contributed by atoms with Crippen LogP contribution in [0.5, 0.6) is 0 Å². The van der Waals surface area contributed by atoms with Crippen LogP contribution >= 0.6 is 22.9 Å². The Kier molecular flexibility index (Phi) is 6.09. The molecule has 0 radical (unpaired) electrons. The van der Waals surface area contributed by atoms with Crippen molar-refractivity contribution in [2.24, 2.45) is 0 Å². The van der Waals surface area contributed by atoms with Crippen LogP contribution in [0.25, 0.3) is 0 Å². The van der Waals surface area contributed by atoms with Crippen molar-refractivity contribution in [1.82, 2.24) is 9.97 Å². The van der Waals surface area contributed by atoms with E-state index < -0.39 is 10.0 Å². The highest BCUT2D eigenvalue weighted by Gasteiger charge is 2.17. The van der Waals surface area contributed by atoms with E-state index in [2.05, 4.69) is 24.9 Å². The van der Waals surface area contributed by atoms with Gasteiger partial charge in [-0.3, -0.25) is 4.72 Å². The zero-order valence-corrected chi connectivity index (χ0v) is 18.5. The normalized spacial score (nSPS) is 14.5. The third kappa shape index (κ3) is 5.01. The molecular formula is C19H20ClN5O3S2. The van der Waals surface area contributed by atoms with Crippen LogP contribution in [0.4, 0.5) is 23.1 Å². The summed E-state index contributed by atoms with van der Waals surface area (Å²) in [5, 5.41) is 3.18. The molecule has 4 rings (SSSR count). The van der Waals surface area contributed by atoms with Gasteiger partial charge in [0.1, 0.15) is 10.0 Å². The molecule has 0 saturated carbocycles. The Balaban J connectivity index is 1.46. The van der Waals surface area contributed by atoms with Crippen LogP contribution in [-0.4, -0.2) is 44.7 Å². The van der Waals surface area contributed by atoms with Gasteiger partial charge in [-0.1, -0.05) is 11.6 Å². The molecule has 0 aliphatic carbocycles. The second-order valence-electron chi connectivity index (χ2n) is 6.66. The zero-order chi connectivity index (χ0) is 21.1. The van der Waals surface area contributed by atoms with E-state index in [0.717, 1.165) is 41.6 Å². The minimum absolute atomic E-state index is 0.165. The zero-order valence-electron chi connectivity index (χ0n) is 16.1. The number of nitrogens with zero attached hydrogens (tertiary/aromatic N) is 3. The summed E-state index contributed by atoms with van der Waals surface area (Å²) in [6, 6.07) is 11.9. The number of hydrogen-bond acceptors (Lipinski definition) is 8. The molecule has 1 saturated heterocycles. The lowest BCUT2D eigenvalue weighted by molar-refractivity contribution is 0.122. The van der Waals surface area contributed by atoms with Crippen molar-refractivity contribution >= 4 is 56.1 Å². The van der Waals surface area contributed by atoms with Gasteiger partial charge in [0.05, 0.1) is 17.6 Å². The summed E-state index contributed by atoms with van der Waals surface area (Å²) in [6.07, 6.45) is 0. The first kappa shape index (κ1) is 20.9. The van der Waals surface area contributed by atoms with E-state index in [4.69, 9.17) is 16.3 Å². The van der Waals surface area contributed by atoms with Gasteiger partial charge in [0.25, 0.3) is 10.0 Å².